The van der Waals surface area contributed by atoms with Crippen LogP contribution in [0.1, 0.15) is 15.9 Å². The molecule has 1 N–H and O–H groups in total. The number of carbonyl (C=O) groups is 1. The Bertz CT molecular complexity index is 1280. The van der Waals surface area contributed by atoms with E-state index in [2.05, 4.69) is 44.6 Å². The lowest BCUT2D eigenvalue weighted by Crippen LogP contribution is -2.29. The minimum absolute atomic E-state index is 0.121. The van der Waals surface area contributed by atoms with Crippen molar-refractivity contribution >= 4 is 40.1 Å². The quantitative estimate of drug-likeness (QED) is 0.374. The van der Waals surface area contributed by atoms with Crippen molar-refractivity contribution in [2.45, 2.75) is 11.4 Å². The summed E-state index contributed by atoms with van der Waals surface area (Å²) in [6, 6.07) is 19.8. The summed E-state index contributed by atoms with van der Waals surface area (Å²) >= 11 is 1.24. The zero-order valence-corrected chi connectivity index (χ0v) is 18.5. The Balaban J connectivity index is 1.34. The molecule has 3 heterocycles. The summed E-state index contributed by atoms with van der Waals surface area (Å²) in [5, 5.41) is 3.98. The molecule has 1 aliphatic rings. The number of nitrogens with one attached hydrogen (secondary N) is 1. The third-order valence-electron chi connectivity index (χ3n) is 5.48. The molecule has 2 aromatic carbocycles. The monoisotopic (exact) mass is 443 g/mol. The van der Waals surface area contributed by atoms with E-state index in [1.165, 1.54) is 16.7 Å². The van der Waals surface area contributed by atoms with E-state index in [0.29, 0.717) is 31.0 Å². The zero-order valence-electron chi connectivity index (χ0n) is 17.7. The Labute approximate surface area is 190 Å². The van der Waals surface area contributed by atoms with Gasteiger partial charge in [0.05, 0.1) is 24.1 Å². The second-order valence-electron chi connectivity index (χ2n) is 7.50. The largest absolute Gasteiger partial charge is 0.490 e. The van der Waals surface area contributed by atoms with Crippen molar-refractivity contribution in [3.63, 3.8) is 0 Å². The van der Waals surface area contributed by atoms with Gasteiger partial charge in [0, 0.05) is 35.5 Å². The van der Waals surface area contributed by atoms with Crippen LogP contribution in [0.3, 0.4) is 0 Å². The minimum Gasteiger partial charge on any atom is -0.490 e. The normalized spacial score (nSPS) is 12.8. The van der Waals surface area contributed by atoms with Gasteiger partial charge in [0.15, 0.2) is 10.5 Å². The molecular formula is C25H23N4O2S+. The van der Waals surface area contributed by atoms with Crippen LogP contribution in [0.25, 0.3) is 11.0 Å². The van der Waals surface area contributed by atoms with E-state index in [0.717, 1.165) is 28.0 Å². The molecule has 0 spiro atoms. The number of fused-ring (bicyclic) bond motifs is 2. The molecule has 6 nitrogen and oxygen atoms in total. The summed E-state index contributed by atoms with van der Waals surface area (Å²) in [5.41, 5.74) is 4.27. The van der Waals surface area contributed by atoms with Crippen LogP contribution in [0.4, 0.5) is 11.4 Å². The molecule has 0 unspecified atom stereocenters. The first kappa shape index (κ1) is 20.3. The SMILES string of the molecule is C[SH+]c1ccc(CNC(=O)c2ccc3c(c2)OCCN3c2cnc3ncccc3c2)cc1. The molecule has 0 saturated carbocycles. The average molecular weight is 444 g/mol. The Kier molecular flexibility index (Phi) is 5.64. The lowest BCUT2D eigenvalue weighted by atomic mass is 10.1. The number of thiol groups is 1. The number of anilines is 2. The van der Waals surface area contributed by atoms with Gasteiger partial charge in [0.1, 0.15) is 18.6 Å². The molecule has 4 aromatic rings. The Morgan fingerprint density at radius 2 is 2.00 bits per heavy atom. The molecule has 2 aromatic heterocycles. The first-order chi connectivity index (χ1) is 15.7. The van der Waals surface area contributed by atoms with E-state index in [4.69, 9.17) is 4.74 Å². The number of hydrogen-bond acceptors (Lipinski definition) is 5. The van der Waals surface area contributed by atoms with Gasteiger partial charge in [-0.05, 0) is 54.1 Å². The summed E-state index contributed by atoms with van der Waals surface area (Å²) in [6.45, 7) is 1.73. The van der Waals surface area contributed by atoms with Crippen LogP contribution >= 0.6 is 0 Å². The summed E-state index contributed by atoms with van der Waals surface area (Å²) in [7, 11) is 0. The number of benzene rings is 2. The van der Waals surface area contributed by atoms with Crippen molar-refractivity contribution < 1.29 is 9.53 Å². The third-order valence-corrected chi connectivity index (χ3v) is 6.30. The van der Waals surface area contributed by atoms with Crippen LogP contribution in [0.2, 0.25) is 0 Å². The van der Waals surface area contributed by atoms with Crippen LogP contribution in [-0.4, -0.2) is 35.3 Å². The highest BCUT2D eigenvalue weighted by Gasteiger charge is 2.22. The standard InChI is InChI=1S/C25H22N4O2S/c1-32-21-7-4-17(5-8-21)15-28-25(30)19-6-9-22-23(14-19)31-12-11-29(22)20-13-18-3-2-10-26-24(18)27-16-20/h2-10,13-14,16H,11-12,15H2,1H3,(H,28,30)/p+1. The first-order valence-electron chi connectivity index (χ1n) is 10.4. The predicted molar refractivity (Wildman–Crippen MR) is 129 cm³/mol. The fraction of sp³-hybridized carbons (Fsp3) is 0.160. The Morgan fingerprint density at radius 3 is 2.84 bits per heavy atom. The highest BCUT2D eigenvalue weighted by Crippen LogP contribution is 2.37. The van der Waals surface area contributed by atoms with Crippen LogP contribution in [-0.2, 0) is 18.3 Å². The lowest BCUT2D eigenvalue weighted by Gasteiger charge is -2.31. The summed E-state index contributed by atoms with van der Waals surface area (Å²) in [6.07, 6.45) is 5.67. The average Bonchev–Trinajstić information content (AvgIpc) is 2.86. The molecule has 1 amide bonds. The second-order valence-corrected chi connectivity index (χ2v) is 8.46. The maximum absolute atomic E-state index is 12.7. The highest BCUT2D eigenvalue weighted by molar-refractivity contribution is 7.77. The maximum Gasteiger partial charge on any atom is 0.251 e. The number of ether oxygens (including phenoxy) is 1. The number of carbonyl (C=O) groups excluding carboxylic acids is 1. The van der Waals surface area contributed by atoms with Gasteiger partial charge >= 0.3 is 0 Å². The third kappa shape index (κ3) is 4.11. The number of pyridine rings is 2. The van der Waals surface area contributed by atoms with Crippen LogP contribution in [0, 0.1) is 0 Å². The van der Waals surface area contributed by atoms with Crippen LogP contribution in [0.5, 0.6) is 5.75 Å². The van der Waals surface area contributed by atoms with Gasteiger partial charge in [-0.3, -0.25) is 4.79 Å². The Morgan fingerprint density at radius 1 is 1.12 bits per heavy atom. The van der Waals surface area contributed by atoms with E-state index in [9.17, 15) is 4.79 Å². The molecule has 0 fully saturated rings. The number of aromatic nitrogens is 2. The van der Waals surface area contributed by atoms with Crippen LogP contribution < -0.4 is 15.0 Å². The van der Waals surface area contributed by atoms with Crippen molar-refractivity contribution in [2.24, 2.45) is 0 Å². The molecule has 0 aliphatic carbocycles. The van der Waals surface area contributed by atoms with Crippen molar-refractivity contribution in [1.29, 1.82) is 0 Å². The molecular weight excluding hydrogens is 420 g/mol. The van der Waals surface area contributed by atoms with Crippen molar-refractivity contribution in [3.05, 3.63) is 84.2 Å². The van der Waals surface area contributed by atoms with Crippen molar-refractivity contribution in [2.75, 3.05) is 24.3 Å². The molecule has 7 heteroatoms. The molecule has 0 saturated heterocycles. The maximum atomic E-state index is 12.7. The van der Waals surface area contributed by atoms with Crippen molar-refractivity contribution in [3.8, 4) is 5.75 Å². The summed E-state index contributed by atoms with van der Waals surface area (Å²) in [5.74, 6) is 0.575. The highest BCUT2D eigenvalue weighted by atomic mass is 32.2. The minimum atomic E-state index is -0.121. The lowest BCUT2D eigenvalue weighted by molar-refractivity contribution is 0.0950. The molecule has 32 heavy (non-hydrogen) atoms. The van der Waals surface area contributed by atoms with Crippen LogP contribution in [0.15, 0.2) is 78.0 Å². The fourth-order valence-electron chi connectivity index (χ4n) is 3.78. The van der Waals surface area contributed by atoms with E-state index in [1.807, 2.05) is 48.7 Å². The molecule has 1 aliphatic heterocycles. The van der Waals surface area contributed by atoms with Gasteiger partial charge in [0.25, 0.3) is 5.91 Å². The molecule has 160 valence electrons. The molecule has 0 bridgehead atoms. The van der Waals surface area contributed by atoms with E-state index in [-0.39, 0.29) is 5.91 Å². The topological polar surface area (TPSA) is 67.3 Å². The second kappa shape index (κ2) is 8.88. The predicted octanol–water partition coefficient (Wildman–Crippen LogP) is 3.89. The Hall–Kier alpha value is -3.58. The van der Waals surface area contributed by atoms with Crippen molar-refractivity contribution in [1.82, 2.24) is 15.3 Å². The number of hydrogen-bond donors (Lipinski definition) is 1. The van der Waals surface area contributed by atoms with Gasteiger partial charge in [0.2, 0.25) is 0 Å². The van der Waals surface area contributed by atoms with E-state index < -0.39 is 0 Å². The zero-order chi connectivity index (χ0) is 21.9. The molecule has 5 rings (SSSR count). The van der Waals surface area contributed by atoms with E-state index >= 15 is 0 Å². The van der Waals surface area contributed by atoms with Gasteiger partial charge in [-0.2, -0.15) is 0 Å². The fourth-order valence-corrected chi connectivity index (χ4v) is 4.23. The van der Waals surface area contributed by atoms with E-state index in [1.54, 1.807) is 6.20 Å². The van der Waals surface area contributed by atoms with Gasteiger partial charge in [-0.15, -0.1) is 0 Å². The number of rotatable bonds is 5. The first-order valence-corrected chi connectivity index (χ1v) is 11.8. The molecule has 0 radical (unpaired) electrons. The summed E-state index contributed by atoms with van der Waals surface area (Å²) in [4.78, 5) is 24.9. The number of nitrogens with zero attached hydrogens (tertiary/aromatic N) is 3. The van der Waals surface area contributed by atoms with Gasteiger partial charge in [-0.25, -0.2) is 9.97 Å². The summed E-state index contributed by atoms with van der Waals surface area (Å²) < 4.78 is 5.89. The smallest absolute Gasteiger partial charge is 0.251 e. The van der Waals surface area contributed by atoms with Gasteiger partial charge in [-0.1, -0.05) is 12.1 Å². The number of amides is 1. The van der Waals surface area contributed by atoms with Gasteiger partial charge < -0.3 is 15.0 Å². The molecule has 0 atom stereocenters.